The summed E-state index contributed by atoms with van der Waals surface area (Å²) in [5, 5.41) is 2.29. The highest BCUT2D eigenvalue weighted by atomic mass is 19.4. The molecule has 0 unspecified atom stereocenters. The average molecular weight is 606 g/mol. The molecule has 1 fully saturated rings. The van der Waals surface area contributed by atoms with Gasteiger partial charge in [-0.25, -0.2) is 19.7 Å². The van der Waals surface area contributed by atoms with Crippen LogP contribution >= 0.6 is 0 Å². The molecule has 9 nitrogen and oxygen atoms in total. The van der Waals surface area contributed by atoms with Gasteiger partial charge in [0.05, 0.1) is 17.3 Å². The van der Waals surface area contributed by atoms with E-state index in [2.05, 4.69) is 20.3 Å². The van der Waals surface area contributed by atoms with E-state index in [1.807, 2.05) is 0 Å². The lowest BCUT2D eigenvalue weighted by Gasteiger charge is -2.36. The lowest BCUT2D eigenvalue weighted by atomic mass is 10.0. The number of carbonyl (C=O) groups excluding carboxylic acids is 2. The Labute approximate surface area is 241 Å². The Bertz CT molecular complexity index is 1670. The van der Waals surface area contributed by atoms with Crippen molar-refractivity contribution in [1.29, 1.82) is 0 Å². The van der Waals surface area contributed by atoms with Gasteiger partial charge in [0.2, 0.25) is 0 Å². The van der Waals surface area contributed by atoms with Crippen LogP contribution < -0.4 is 5.32 Å². The van der Waals surface area contributed by atoms with E-state index < -0.39 is 35.6 Å². The molecule has 0 radical (unpaired) electrons. The van der Waals surface area contributed by atoms with E-state index in [0.29, 0.717) is 19.0 Å². The lowest BCUT2D eigenvalue weighted by Crippen LogP contribution is -2.44. The Hall–Kier alpha value is -4.69. The Kier molecular flexibility index (Phi) is 7.75. The van der Waals surface area contributed by atoms with Gasteiger partial charge in [0.15, 0.2) is 5.69 Å². The number of anilines is 1. The summed E-state index contributed by atoms with van der Waals surface area (Å²) in [4.78, 5) is 40.6. The third kappa shape index (κ3) is 5.96. The maximum Gasteiger partial charge on any atom is 0.435 e. The van der Waals surface area contributed by atoms with Gasteiger partial charge in [-0.1, -0.05) is 12.1 Å². The Morgan fingerprint density at radius 1 is 0.953 bits per heavy atom. The van der Waals surface area contributed by atoms with Crippen LogP contribution in [0.3, 0.4) is 0 Å². The topological polar surface area (TPSA) is 95.7 Å². The van der Waals surface area contributed by atoms with E-state index in [0.717, 1.165) is 31.3 Å². The normalized spacial score (nSPS) is 15.9. The highest BCUT2D eigenvalue weighted by molar-refractivity contribution is 6.04. The van der Waals surface area contributed by atoms with Gasteiger partial charge in [-0.3, -0.25) is 9.20 Å². The number of fused-ring (bicyclic) bond motifs is 1. The van der Waals surface area contributed by atoms with Gasteiger partial charge in [0, 0.05) is 50.4 Å². The number of hydrogen-bond acceptors (Lipinski definition) is 5. The molecule has 1 aromatic carbocycles. The minimum Gasteiger partial charge on any atom is -0.331 e. The van der Waals surface area contributed by atoms with Crippen LogP contribution in [0.1, 0.15) is 52.7 Å². The summed E-state index contributed by atoms with van der Waals surface area (Å²) in [6.45, 7) is 0.410. The fraction of sp³-hybridized carbons (Fsp3) is 0.321. The molecule has 0 bridgehead atoms. The predicted octanol–water partition coefficient (Wildman–Crippen LogP) is 6.29. The number of benzene rings is 1. The quantitative estimate of drug-likeness (QED) is 0.276. The third-order valence-electron chi connectivity index (χ3n) is 7.03. The van der Waals surface area contributed by atoms with Gasteiger partial charge >= 0.3 is 18.4 Å². The van der Waals surface area contributed by atoms with E-state index >= 15 is 0 Å². The number of piperidine rings is 1. The monoisotopic (exact) mass is 605 g/mol. The summed E-state index contributed by atoms with van der Waals surface area (Å²) < 4.78 is 82.8. The minimum atomic E-state index is -4.82. The summed E-state index contributed by atoms with van der Waals surface area (Å²) in [6.07, 6.45) is -4.17. The number of amides is 3. The number of urea groups is 1. The summed E-state index contributed by atoms with van der Waals surface area (Å²) in [5.74, 6) is -0.851. The number of nitrogens with zero attached hydrogens (tertiary/aromatic N) is 6. The van der Waals surface area contributed by atoms with Crippen molar-refractivity contribution in [3.8, 4) is 11.3 Å². The number of pyridine rings is 1. The van der Waals surface area contributed by atoms with Crippen LogP contribution in [-0.4, -0.2) is 61.7 Å². The van der Waals surface area contributed by atoms with E-state index in [1.165, 1.54) is 39.8 Å². The van der Waals surface area contributed by atoms with Crippen LogP contribution in [0, 0.1) is 0 Å². The summed E-state index contributed by atoms with van der Waals surface area (Å²) >= 11 is 0. The fourth-order valence-electron chi connectivity index (χ4n) is 5.04. The number of likely N-dealkylation sites (tertiary alicyclic amines) is 1. The molecule has 43 heavy (non-hydrogen) atoms. The molecule has 1 aliphatic heterocycles. The van der Waals surface area contributed by atoms with Gasteiger partial charge in [-0.15, -0.1) is 0 Å². The molecule has 0 spiro atoms. The number of rotatable bonds is 4. The first-order chi connectivity index (χ1) is 20.3. The standard InChI is InChI=1S/C28H25F6N7O2/c1-39(2)26(43)40-13-4-3-5-19(40)24-38-21(22-23(28(32,33)34)36-12-14-41(22)24)16-6-8-17(9-7-16)25(42)37-20-15-18(10-11-35-20)27(29,30)31/h6-12,14-15,19H,3-5,13H2,1-2H3,(H,35,37,42)/t19-/m0/s1. The van der Waals surface area contributed by atoms with Crippen molar-refractivity contribution in [3.05, 3.63) is 77.6 Å². The zero-order chi connectivity index (χ0) is 31.1. The molecule has 3 amide bonds. The molecule has 1 N–H and O–H groups in total. The predicted molar refractivity (Wildman–Crippen MR) is 143 cm³/mol. The Morgan fingerprint density at radius 2 is 1.67 bits per heavy atom. The van der Waals surface area contributed by atoms with Crippen LogP contribution in [0.4, 0.5) is 37.0 Å². The Balaban J connectivity index is 1.54. The molecule has 4 heterocycles. The highest BCUT2D eigenvalue weighted by Crippen LogP contribution is 2.39. The summed E-state index contributed by atoms with van der Waals surface area (Å²) in [7, 11) is 3.19. The van der Waals surface area contributed by atoms with Gasteiger partial charge in [0.1, 0.15) is 17.2 Å². The molecule has 1 atom stereocenters. The molecule has 4 aromatic rings. The number of hydrogen-bond donors (Lipinski definition) is 1. The molecule has 5 rings (SSSR count). The average Bonchev–Trinajstić information content (AvgIpc) is 3.35. The van der Waals surface area contributed by atoms with Crippen molar-refractivity contribution in [2.75, 3.05) is 26.0 Å². The summed E-state index contributed by atoms with van der Waals surface area (Å²) in [5.41, 5.74) is -2.26. The Morgan fingerprint density at radius 3 is 2.33 bits per heavy atom. The largest absolute Gasteiger partial charge is 0.435 e. The zero-order valence-corrected chi connectivity index (χ0v) is 22.9. The van der Waals surface area contributed by atoms with Crippen LogP contribution in [-0.2, 0) is 12.4 Å². The zero-order valence-electron chi connectivity index (χ0n) is 22.9. The van der Waals surface area contributed by atoms with Crippen molar-refractivity contribution >= 4 is 23.3 Å². The molecule has 226 valence electrons. The maximum atomic E-state index is 14.2. The molecule has 15 heteroatoms. The molecule has 1 saturated heterocycles. The van der Waals surface area contributed by atoms with E-state index in [4.69, 9.17) is 0 Å². The molecular formula is C28H25F6N7O2. The second-order valence-corrected chi connectivity index (χ2v) is 10.2. The van der Waals surface area contributed by atoms with E-state index in [9.17, 15) is 35.9 Å². The van der Waals surface area contributed by atoms with E-state index in [1.54, 1.807) is 19.0 Å². The molecule has 0 aliphatic carbocycles. The van der Waals surface area contributed by atoms with Crippen LogP contribution in [0.25, 0.3) is 16.8 Å². The van der Waals surface area contributed by atoms with Gasteiger partial charge < -0.3 is 15.1 Å². The molecule has 0 saturated carbocycles. The fourth-order valence-corrected chi connectivity index (χ4v) is 5.04. The first kappa shape index (κ1) is 29.8. The highest BCUT2D eigenvalue weighted by Gasteiger charge is 2.39. The minimum absolute atomic E-state index is 0.0240. The second kappa shape index (κ2) is 11.2. The van der Waals surface area contributed by atoms with Crippen molar-refractivity contribution in [3.63, 3.8) is 0 Å². The lowest BCUT2D eigenvalue weighted by molar-refractivity contribution is -0.140. The number of alkyl halides is 6. The number of aromatic nitrogens is 4. The van der Waals surface area contributed by atoms with Crippen molar-refractivity contribution in [2.24, 2.45) is 0 Å². The maximum absolute atomic E-state index is 14.2. The van der Waals surface area contributed by atoms with E-state index in [-0.39, 0.29) is 40.0 Å². The van der Waals surface area contributed by atoms with Gasteiger partial charge in [-0.05, 0) is 43.5 Å². The van der Waals surface area contributed by atoms with Crippen LogP contribution in [0.5, 0.6) is 0 Å². The second-order valence-electron chi connectivity index (χ2n) is 10.2. The van der Waals surface area contributed by atoms with Crippen LogP contribution in [0.15, 0.2) is 55.0 Å². The van der Waals surface area contributed by atoms with Crippen molar-refractivity contribution in [1.82, 2.24) is 29.2 Å². The first-order valence-corrected chi connectivity index (χ1v) is 13.1. The number of carbonyl (C=O) groups is 2. The van der Waals surface area contributed by atoms with Gasteiger partial charge in [-0.2, -0.15) is 26.3 Å². The molecule has 1 aliphatic rings. The number of nitrogens with one attached hydrogen (secondary N) is 1. The van der Waals surface area contributed by atoms with Crippen molar-refractivity contribution in [2.45, 2.75) is 37.7 Å². The number of halogens is 6. The van der Waals surface area contributed by atoms with Gasteiger partial charge in [0.25, 0.3) is 5.91 Å². The van der Waals surface area contributed by atoms with Crippen LogP contribution in [0.2, 0.25) is 0 Å². The first-order valence-electron chi connectivity index (χ1n) is 13.1. The number of imidazole rings is 1. The third-order valence-corrected chi connectivity index (χ3v) is 7.03. The molecule has 3 aromatic heterocycles. The molecular weight excluding hydrogens is 580 g/mol. The van der Waals surface area contributed by atoms with Crippen molar-refractivity contribution < 1.29 is 35.9 Å². The summed E-state index contributed by atoms with van der Waals surface area (Å²) in [6, 6.07) is 5.96. The SMILES string of the molecule is CN(C)C(=O)N1CCCC[C@H]1c1nc(-c2ccc(C(=O)Nc3cc(C(F)(F)F)ccn3)cc2)c2c(C(F)(F)F)nccn12. The smallest absolute Gasteiger partial charge is 0.331 e.